The van der Waals surface area contributed by atoms with Crippen LogP contribution in [0.15, 0.2) is 18.2 Å². The monoisotopic (exact) mass is 303 g/mol. The molecule has 5 heteroatoms. The fraction of sp³-hybridized carbons (Fsp3) is 0.538. The molecule has 2 rings (SSSR count). The first-order valence-electron chi connectivity index (χ1n) is 5.96. The average molecular weight is 304 g/mol. The minimum absolute atomic E-state index is 0.288. The number of ether oxygens (including phenoxy) is 1. The summed E-state index contributed by atoms with van der Waals surface area (Å²) in [6.07, 6.45) is 0. The van der Waals surface area contributed by atoms with Crippen molar-refractivity contribution in [2.24, 2.45) is 0 Å². The lowest BCUT2D eigenvalue weighted by Crippen LogP contribution is -2.31. The molecule has 0 aromatic heterocycles. The third kappa shape index (κ3) is 3.29. The van der Waals surface area contributed by atoms with Gasteiger partial charge in [0.25, 0.3) is 0 Å². The molecule has 2 atom stereocenters. The van der Waals surface area contributed by atoms with Gasteiger partial charge in [0.05, 0.1) is 7.11 Å². The van der Waals surface area contributed by atoms with Crippen LogP contribution < -0.4 is 10.1 Å². The molecule has 0 aliphatic carbocycles. The van der Waals surface area contributed by atoms with E-state index < -0.39 is 0 Å². The highest BCUT2D eigenvalue weighted by Crippen LogP contribution is 2.37. The molecule has 1 aromatic rings. The van der Waals surface area contributed by atoms with E-state index in [0.717, 1.165) is 16.3 Å². The van der Waals surface area contributed by atoms with Crippen LogP contribution in [0.25, 0.3) is 0 Å². The largest absolute Gasteiger partial charge is 0.496 e. The molecule has 2 nitrogen and oxygen atoms in total. The summed E-state index contributed by atoms with van der Waals surface area (Å²) in [7, 11) is 3.72. The number of halogens is 1. The number of hydrogen-bond donors (Lipinski definition) is 1. The Bertz CT molecular complexity index is 397. The number of benzene rings is 1. The van der Waals surface area contributed by atoms with Crippen LogP contribution in [0, 0.1) is 0 Å². The van der Waals surface area contributed by atoms with Crippen molar-refractivity contribution in [2.75, 3.05) is 31.4 Å². The van der Waals surface area contributed by atoms with E-state index in [1.807, 2.05) is 48.8 Å². The first kappa shape index (κ1) is 14.4. The normalized spacial score (nSPS) is 21.6. The summed E-state index contributed by atoms with van der Waals surface area (Å²) in [5.74, 6) is 4.56. The van der Waals surface area contributed by atoms with Gasteiger partial charge in [0.15, 0.2) is 0 Å². The third-order valence-electron chi connectivity index (χ3n) is 3.05. The minimum atomic E-state index is 0.288. The summed E-state index contributed by atoms with van der Waals surface area (Å²) in [5.41, 5.74) is 1.16. The van der Waals surface area contributed by atoms with E-state index in [1.165, 1.54) is 17.3 Å². The number of rotatable bonds is 4. The van der Waals surface area contributed by atoms with Gasteiger partial charge in [0.2, 0.25) is 0 Å². The maximum Gasteiger partial charge on any atom is 0.123 e. The van der Waals surface area contributed by atoms with Crippen LogP contribution in [0.4, 0.5) is 0 Å². The molecule has 1 aromatic carbocycles. The number of thioether (sulfide) groups is 2. The van der Waals surface area contributed by atoms with Crippen molar-refractivity contribution in [1.82, 2.24) is 5.32 Å². The quantitative estimate of drug-likeness (QED) is 0.919. The van der Waals surface area contributed by atoms with Gasteiger partial charge in [-0.05, 0) is 25.2 Å². The molecule has 18 heavy (non-hydrogen) atoms. The van der Waals surface area contributed by atoms with Gasteiger partial charge in [0, 0.05) is 39.1 Å². The van der Waals surface area contributed by atoms with Gasteiger partial charge in [-0.2, -0.15) is 23.5 Å². The molecule has 0 radical (unpaired) electrons. The molecule has 2 unspecified atom stereocenters. The number of nitrogens with one attached hydrogen (secondary N) is 1. The molecule has 1 heterocycles. The van der Waals surface area contributed by atoms with Crippen LogP contribution >= 0.6 is 35.1 Å². The fourth-order valence-corrected chi connectivity index (χ4v) is 5.27. The van der Waals surface area contributed by atoms with Crippen LogP contribution in [0.5, 0.6) is 5.75 Å². The molecular formula is C13H18ClNOS2. The van der Waals surface area contributed by atoms with Gasteiger partial charge in [-0.15, -0.1) is 0 Å². The Morgan fingerprint density at radius 3 is 2.89 bits per heavy atom. The smallest absolute Gasteiger partial charge is 0.123 e. The highest BCUT2D eigenvalue weighted by atomic mass is 35.5. The summed E-state index contributed by atoms with van der Waals surface area (Å²) in [6.45, 7) is 0. The van der Waals surface area contributed by atoms with Gasteiger partial charge in [0.1, 0.15) is 5.75 Å². The van der Waals surface area contributed by atoms with Crippen LogP contribution in [0.2, 0.25) is 5.02 Å². The molecule has 1 fully saturated rings. The molecule has 0 bridgehead atoms. The highest BCUT2D eigenvalue weighted by Gasteiger charge is 2.27. The Labute approximate surface area is 122 Å². The zero-order valence-corrected chi connectivity index (χ0v) is 13.0. The van der Waals surface area contributed by atoms with E-state index in [2.05, 4.69) is 5.32 Å². The molecule has 1 saturated heterocycles. The lowest BCUT2D eigenvalue weighted by molar-refractivity contribution is 0.401. The van der Waals surface area contributed by atoms with Crippen molar-refractivity contribution in [3.8, 4) is 5.75 Å². The van der Waals surface area contributed by atoms with Gasteiger partial charge in [-0.1, -0.05) is 11.6 Å². The molecular weight excluding hydrogens is 286 g/mol. The summed E-state index contributed by atoms with van der Waals surface area (Å²) >= 11 is 10.2. The first-order valence-corrected chi connectivity index (χ1v) is 8.54. The predicted octanol–water partition coefficient (Wildman–Crippen LogP) is 3.46. The van der Waals surface area contributed by atoms with Gasteiger partial charge in [-0.3, -0.25) is 0 Å². The van der Waals surface area contributed by atoms with E-state index >= 15 is 0 Å². The molecule has 0 amide bonds. The van der Waals surface area contributed by atoms with Crippen LogP contribution in [0.3, 0.4) is 0 Å². The van der Waals surface area contributed by atoms with Gasteiger partial charge >= 0.3 is 0 Å². The average Bonchev–Trinajstić information content (AvgIpc) is 2.41. The lowest BCUT2D eigenvalue weighted by Gasteiger charge is -2.30. The number of hydrogen-bond acceptors (Lipinski definition) is 4. The summed E-state index contributed by atoms with van der Waals surface area (Å²) in [5, 5.41) is 4.75. The maximum atomic E-state index is 6.12. The second-order valence-electron chi connectivity index (χ2n) is 4.14. The zero-order chi connectivity index (χ0) is 13.0. The maximum absolute atomic E-state index is 6.12. The second-order valence-corrected chi connectivity index (χ2v) is 7.07. The number of methoxy groups -OCH3 is 1. The zero-order valence-electron chi connectivity index (χ0n) is 10.6. The first-order chi connectivity index (χ1) is 8.76. The van der Waals surface area contributed by atoms with E-state index in [-0.39, 0.29) is 6.04 Å². The second kappa shape index (κ2) is 6.94. The van der Waals surface area contributed by atoms with Crippen LogP contribution in [-0.4, -0.2) is 36.7 Å². The van der Waals surface area contributed by atoms with E-state index in [1.54, 1.807) is 7.11 Å². The third-order valence-corrected chi connectivity index (χ3v) is 6.15. The standard InChI is InChI=1S/C13H18ClNOS2/c1-15-13(12-8-17-5-6-18-12)10-7-9(14)3-4-11(10)16-2/h3-4,7,12-13,15H,5-6,8H2,1-2H3. The Morgan fingerprint density at radius 2 is 2.28 bits per heavy atom. The summed E-state index contributed by atoms with van der Waals surface area (Å²) < 4.78 is 5.46. The van der Waals surface area contributed by atoms with E-state index in [4.69, 9.17) is 16.3 Å². The van der Waals surface area contributed by atoms with Crippen molar-refractivity contribution in [3.05, 3.63) is 28.8 Å². The van der Waals surface area contributed by atoms with Crippen molar-refractivity contribution in [3.63, 3.8) is 0 Å². The topological polar surface area (TPSA) is 21.3 Å². The summed E-state index contributed by atoms with van der Waals surface area (Å²) in [4.78, 5) is 0. The van der Waals surface area contributed by atoms with Crippen molar-refractivity contribution < 1.29 is 4.74 Å². The molecule has 1 N–H and O–H groups in total. The van der Waals surface area contributed by atoms with Crippen molar-refractivity contribution in [2.45, 2.75) is 11.3 Å². The highest BCUT2D eigenvalue weighted by molar-refractivity contribution is 8.06. The lowest BCUT2D eigenvalue weighted by atomic mass is 10.0. The van der Waals surface area contributed by atoms with E-state index in [0.29, 0.717) is 5.25 Å². The van der Waals surface area contributed by atoms with Gasteiger partial charge < -0.3 is 10.1 Å². The van der Waals surface area contributed by atoms with Crippen LogP contribution in [-0.2, 0) is 0 Å². The van der Waals surface area contributed by atoms with Crippen molar-refractivity contribution >= 4 is 35.1 Å². The molecule has 1 aliphatic heterocycles. The Kier molecular flexibility index (Phi) is 5.55. The van der Waals surface area contributed by atoms with Crippen molar-refractivity contribution in [1.29, 1.82) is 0 Å². The van der Waals surface area contributed by atoms with Gasteiger partial charge in [-0.25, -0.2) is 0 Å². The fourth-order valence-electron chi connectivity index (χ4n) is 2.19. The predicted molar refractivity (Wildman–Crippen MR) is 83.4 cm³/mol. The Morgan fingerprint density at radius 1 is 1.44 bits per heavy atom. The Balaban J connectivity index is 2.27. The van der Waals surface area contributed by atoms with E-state index in [9.17, 15) is 0 Å². The minimum Gasteiger partial charge on any atom is -0.496 e. The molecule has 0 saturated carbocycles. The summed E-state index contributed by atoms with van der Waals surface area (Å²) in [6, 6.07) is 6.13. The SMILES string of the molecule is CNC(c1cc(Cl)ccc1OC)C1CSCCS1. The molecule has 100 valence electrons. The molecule has 0 spiro atoms. The molecule has 1 aliphatic rings. The Hall–Kier alpha value is -0.0300. The van der Waals surface area contributed by atoms with Crippen LogP contribution in [0.1, 0.15) is 11.6 Å².